The van der Waals surface area contributed by atoms with Gasteiger partial charge in [0.1, 0.15) is 11.6 Å². The maximum Gasteiger partial charge on any atom is 0.295 e. The van der Waals surface area contributed by atoms with Gasteiger partial charge in [-0.3, -0.25) is 9.59 Å². The number of nitrogens with zero attached hydrogens (tertiary/aromatic N) is 2. The number of halogens is 2. The number of ketones is 1. The fraction of sp³-hybridized carbons (Fsp3) is 0.118. The van der Waals surface area contributed by atoms with E-state index >= 15 is 0 Å². The third-order valence-electron chi connectivity index (χ3n) is 3.68. The van der Waals surface area contributed by atoms with Gasteiger partial charge in [-0.25, -0.2) is 13.8 Å². The molecule has 0 bridgehead atoms. The van der Waals surface area contributed by atoms with Crippen LogP contribution in [0, 0.1) is 11.6 Å². The standard InChI is InChI=1S/C17H12F2N2O3/c18-12-5-3-10(14(19)9-12)4-6-15(22)13-8-11-2-1-7-20-16(11)21(24)17(13)23/h1-3,5,7-9,24H,4,6H2. The Morgan fingerprint density at radius 2 is 2.00 bits per heavy atom. The largest absolute Gasteiger partial charge is 0.423 e. The SMILES string of the molecule is O=C(CCc1ccc(F)cc1F)c1cc2cccnc2n(O)c1=O. The monoisotopic (exact) mass is 330 g/mol. The molecule has 0 saturated carbocycles. The van der Waals surface area contributed by atoms with Crippen LogP contribution >= 0.6 is 0 Å². The van der Waals surface area contributed by atoms with E-state index in [0.29, 0.717) is 10.1 Å². The molecule has 7 heteroatoms. The lowest BCUT2D eigenvalue weighted by atomic mass is 10.0. The predicted molar refractivity (Wildman–Crippen MR) is 82.2 cm³/mol. The van der Waals surface area contributed by atoms with E-state index in [0.717, 1.165) is 12.1 Å². The quantitative estimate of drug-likeness (QED) is 0.590. The van der Waals surface area contributed by atoms with Crippen molar-refractivity contribution in [2.24, 2.45) is 0 Å². The lowest BCUT2D eigenvalue weighted by molar-refractivity contribution is 0.0975. The van der Waals surface area contributed by atoms with E-state index in [2.05, 4.69) is 4.98 Å². The van der Waals surface area contributed by atoms with Crippen LogP contribution in [-0.4, -0.2) is 20.7 Å². The van der Waals surface area contributed by atoms with Crippen LogP contribution in [0.15, 0.2) is 47.4 Å². The van der Waals surface area contributed by atoms with Crippen LogP contribution in [0.5, 0.6) is 0 Å². The summed E-state index contributed by atoms with van der Waals surface area (Å²) in [6.07, 6.45) is 1.28. The molecule has 0 radical (unpaired) electrons. The number of fused-ring (bicyclic) bond motifs is 1. The summed E-state index contributed by atoms with van der Waals surface area (Å²) in [7, 11) is 0. The van der Waals surface area contributed by atoms with Crippen LogP contribution in [0.4, 0.5) is 8.78 Å². The van der Waals surface area contributed by atoms with Crippen LogP contribution in [0.2, 0.25) is 0 Å². The van der Waals surface area contributed by atoms with E-state index < -0.39 is 23.0 Å². The van der Waals surface area contributed by atoms with E-state index in [-0.39, 0.29) is 29.6 Å². The van der Waals surface area contributed by atoms with Gasteiger partial charge in [0.05, 0.1) is 5.56 Å². The Labute approximate surface area is 134 Å². The molecular formula is C17H12F2N2O3. The summed E-state index contributed by atoms with van der Waals surface area (Å²) in [5, 5.41) is 10.3. The van der Waals surface area contributed by atoms with Gasteiger partial charge < -0.3 is 5.21 Å². The second-order valence-corrected chi connectivity index (χ2v) is 5.25. The molecule has 0 fully saturated rings. The van der Waals surface area contributed by atoms with Crippen LogP contribution < -0.4 is 5.56 Å². The van der Waals surface area contributed by atoms with Crippen LogP contribution in [-0.2, 0) is 6.42 Å². The summed E-state index contributed by atoms with van der Waals surface area (Å²) >= 11 is 0. The highest BCUT2D eigenvalue weighted by Gasteiger charge is 2.16. The van der Waals surface area contributed by atoms with Crippen LogP contribution in [0.3, 0.4) is 0 Å². The van der Waals surface area contributed by atoms with Crippen molar-refractivity contribution < 1.29 is 18.8 Å². The summed E-state index contributed by atoms with van der Waals surface area (Å²) < 4.78 is 26.8. The maximum atomic E-state index is 13.6. The normalized spacial score (nSPS) is 10.9. The zero-order valence-electron chi connectivity index (χ0n) is 12.4. The van der Waals surface area contributed by atoms with E-state index in [1.165, 1.54) is 18.3 Å². The molecule has 0 aliphatic rings. The Kier molecular flexibility index (Phi) is 4.07. The van der Waals surface area contributed by atoms with Gasteiger partial charge >= 0.3 is 0 Å². The topological polar surface area (TPSA) is 72.2 Å². The average Bonchev–Trinajstić information content (AvgIpc) is 2.57. The van der Waals surface area contributed by atoms with Gasteiger partial charge in [0, 0.05) is 24.1 Å². The fourth-order valence-electron chi connectivity index (χ4n) is 2.43. The molecule has 0 aliphatic heterocycles. The van der Waals surface area contributed by atoms with Crippen molar-refractivity contribution in [2.75, 3.05) is 0 Å². The Hall–Kier alpha value is -3.09. The minimum atomic E-state index is -0.884. The molecule has 1 aromatic carbocycles. The summed E-state index contributed by atoms with van der Waals surface area (Å²) in [4.78, 5) is 28.2. The molecule has 3 aromatic rings. The molecule has 1 N–H and O–H groups in total. The minimum absolute atomic E-state index is 0.0148. The second-order valence-electron chi connectivity index (χ2n) is 5.25. The Morgan fingerprint density at radius 3 is 2.75 bits per heavy atom. The second kappa shape index (κ2) is 6.19. The number of aromatic nitrogens is 2. The van der Waals surface area contributed by atoms with Gasteiger partial charge in [-0.2, -0.15) is 0 Å². The first kappa shape index (κ1) is 15.8. The molecule has 2 heterocycles. The first-order valence-corrected chi connectivity index (χ1v) is 7.14. The molecule has 2 aromatic heterocycles. The van der Waals surface area contributed by atoms with Crippen molar-refractivity contribution in [1.82, 2.24) is 9.71 Å². The number of hydrogen-bond donors (Lipinski definition) is 1. The predicted octanol–water partition coefficient (Wildman–Crippen LogP) is 2.73. The number of rotatable bonds is 4. The number of hydrogen-bond acceptors (Lipinski definition) is 4. The molecule has 0 atom stereocenters. The summed E-state index contributed by atoms with van der Waals surface area (Å²) in [6, 6.07) is 7.65. The van der Waals surface area contributed by atoms with Crippen molar-refractivity contribution >= 4 is 16.8 Å². The van der Waals surface area contributed by atoms with E-state index in [1.807, 2.05) is 0 Å². The zero-order valence-corrected chi connectivity index (χ0v) is 12.4. The van der Waals surface area contributed by atoms with E-state index in [4.69, 9.17) is 0 Å². The summed E-state index contributed by atoms with van der Waals surface area (Å²) in [6.45, 7) is 0. The number of Topliss-reactive ketones (excluding diaryl/α,β-unsaturated/α-hetero) is 1. The minimum Gasteiger partial charge on any atom is -0.423 e. The molecule has 24 heavy (non-hydrogen) atoms. The van der Waals surface area contributed by atoms with Crippen molar-refractivity contribution in [1.29, 1.82) is 0 Å². The highest BCUT2D eigenvalue weighted by Crippen LogP contribution is 2.15. The Bertz CT molecular complexity index is 999. The lowest BCUT2D eigenvalue weighted by Gasteiger charge is -2.06. The molecule has 0 spiro atoms. The van der Waals surface area contributed by atoms with Crippen molar-refractivity contribution in [3.63, 3.8) is 0 Å². The molecule has 122 valence electrons. The van der Waals surface area contributed by atoms with Gasteiger partial charge in [-0.05, 0) is 36.2 Å². The lowest BCUT2D eigenvalue weighted by Crippen LogP contribution is -2.25. The van der Waals surface area contributed by atoms with E-state index in [1.54, 1.807) is 12.1 Å². The number of benzene rings is 1. The van der Waals surface area contributed by atoms with Gasteiger partial charge in [0.25, 0.3) is 5.56 Å². The van der Waals surface area contributed by atoms with Gasteiger partial charge in [0.15, 0.2) is 11.4 Å². The first-order valence-electron chi connectivity index (χ1n) is 7.14. The zero-order chi connectivity index (χ0) is 17.3. The van der Waals surface area contributed by atoms with Gasteiger partial charge in [-0.1, -0.05) is 6.07 Å². The highest BCUT2D eigenvalue weighted by atomic mass is 19.1. The summed E-state index contributed by atoms with van der Waals surface area (Å²) in [5.41, 5.74) is -0.869. The molecule has 5 nitrogen and oxygen atoms in total. The molecule has 0 aliphatic carbocycles. The van der Waals surface area contributed by atoms with Crippen LogP contribution in [0.25, 0.3) is 11.0 Å². The molecule has 0 unspecified atom stereocenters. The number of carbonyl (C=O) groups is 1. The van der Waals surface area contributed by atoms with Crippen molar-refractivity contribution in [3.8, 4) is 0 Å². The maximum absolute atomic E-state index is 13.6. The number of pyridine rings is 2. The fourth-order valence-corrected chi connectivity index (χ4v) is 2.43. The van der Waals surface area contributed by atoms with Crippen molar-refractivity contribution in [3.05, 3.63) is 75.7 Å². The summed E-state index contributed by atoms with van der Waals surface area (Å²) in [5.74, 6) is -1.99. The Balaban J connectivity index is 1.89. The molecule has 3 rings (SSSR count). The average molecular weight is 330 g/mol. The first-order chi connectivity index (χ1) is 11.5. The van der Waals surface area contributed by atoms with Crippen molar-refractivity contribution in [2.45, 2.75) is 12.8 Å². The number of aryl methyl sites for hydroxylation is 1. The number of carbonyl (C=O) groups excluding carboxylic acids is 1. The smallest absolute Gasteiger partial charge is 0.295 e. The van der Waals surface area contributed by atoms with Gasteiger partial charge in [-0.15, -0.1) is 4.73 Å². The molecule has 0 saturated heterocycles. The third-order valence-corrected chi connectivity index (χ3v) is 3.68. The van der Waals surface area contributed by atoms with Crippen LogP contribution in [0.1, 0.15) is 22.3 Å². The van der Waals surface area contributed by atoms with E-state index in [9.17, 15) is 23.6 Å². The molecule has 0 amide bonds. The molecular weight excluding hydrogens is 318 g/mol. The third kappa shape index (κ3) is 2.88. The Morgan fingerprint density at radius 1 is 1.21 bits per heavy atom. The highest BCUT2D eigenvalue weighted by molar-refractivity contribution is 5.98. The van der Waals surface area contributed by atoms with Gasteiger partial charge in [0.2, 0.25) is 0 Å².